The van der Waals surface area contributed by atoms with Gasteiger partial charge in [0.05, 0.1) is 7.11 Å². The number of ether oxygens (including phenoxy) is 2. The van der Waals surface area contributed by atoms with Gasteiger partial charge in [-0.3, -0.25) is 0 Å². The molecule has 0 amide bonds. The highest BCUT2D eigenvalue weighted by Gasteiger charge is 2.10. The average molecular weight is 272 g/mol. The molecular formula is C15H17BO4. The van der Waals surface area contributed by atoms with Crippen LogP contribution in [0.1, 0.15) is 11.1 Å². The first-order chi connectivity index (χ1) is 9.60. The number of methoxy groups -OCH3 is 1. The van der Waals surface area contributed by atoms with E-state index >= 15 is 0 Å². The average Bonchev–Trinajstić information content (AvgIpc) is 2.45. The Morgan fingerprint density at radius 2 is 1.75 bits per heavy atom. The van der Waals surface area contributed by atoms with Gasteiger partial charge in [-0.2, -0.15) is 0 Å². The molecule has 0 aliphatic carbocycles. The smallest absolute Gasteiger partial charge is 0.488 e. The summed E-state index contributed by atoms with van der Waals surface area (Å²) in [5.74, 6) is 1.45. The van der Waals surface area contributed by atoms with Crippen molar-refractivity contribution in [3.63, 3.8) is 0 Å². The number of benzene rings is 2. The number of hydrogen-bond donors (Lipinski definition) is 2. The Bertz CT molecular complexity index is 567. The highest BCUT2D eigenvalue weighted by Crippen LogP contribution is 2.21. The van der Waals surface area contributed by atoms with E-state index in [-0.39, 0.29) is 0 Å². The maximum Gasteiger partial charge on any atom is 0.488 e. The van der Waals surface area contributed by atoms with E-state index in [0.717, 1.165) is 16.9 Å². The van der Waals surface area contributed by atoms with E-state index in [1.54, 1.807) is 31.4 Å². The number of hydrogen-bond acceptors (Lipinski definition) is 4. The van der Waals surface area contributed by atoms with Crippen LogP contribution in [0.3, 0.4) is 0 Å². The second-order valence-electron chi connectivity index (χ2n) is 4.55. The third-order valence-corrected chi connectivity index (χ3v) is 3.01. The van der Waals surface area contributed by atoms with Crippen molar-refractivity contribution in [3.05, 3.63) is 53.6 Å². The fourth-order valence-corrected chi connectivity index (χ4v) is 1.92. The molecule has 2 aromatic carbocycles. The van der Waals surface area contributed by atoms with Crippen molar-refractivity contribution in [1.82, 2.24) is 0 Å². The molecule has 0 saturated heterocycles. The second kappa shape index (κ2) is 6.46. The van der Waals surface area contributed by atoms with Crippen LogP contribution in [0, 0.1) is 6.92 Å². The van der Waals surface area contributed by atoms with Crippen molar-refractivity contribution in [2.24, 2.45) is 0 Å². The summed E-state index contributed by atoms with van der Waals surface area (Å²) in [6, 6.07) is 12.6. The predicted molar refractivity (Wildman–Crippen MR) is 78.3 cm³/mol. The lowest BCUT2D eigenvalue weighted by molar-refractivity contribution is 0.296. The zero-order valence-electron chi connectivity index (χ0n) is 11.5. The fraction of sp³-hybridized carbons (Fsp3) is 0.200. The highest BCUT2D eigenvalue weighted by molar-refractivity contribution is 6.58. The monoisotopic (exact) mass is 272 g/mol. The molecule has 104 valence electrons. The minimum absolute atomic E-state index is 0.395. The standard InChI is InChI=1S/C15H17BO4/c1-11-3-8-15(19-2)12(9-11)10-20-14-6-4-13(5-7-14)16(17)18/h3-9,17-18H,10H2,1-2H3. The summed E-state index contributed by atoms with van der Waals surface area (Å²) in [5, 5.41) is 18.0. The largest absolute Gasteiger partial charge is 0.496 e. The van der Waals surface area contributed by atoms with Crippen LogP contribution in [0.5, 0.6) is 11.5 Å². The first-order valence-electron chi connectivity index (χ1n) is 6.32. The summed E-state index contributed by atoms with van der Waals surface area (Å²) >= 11 is 0. The van der Waals surface area contributed by atoms with Crippen LogP contribution in [0.4, 0.5) is 0 Å². The van der Waals surface area contributed by atoms with E-state index < -0.39 is 7.12 Å². The van der Waals surface area contributed by atoms with Gasteiger partial charge >= 0.3 is 7.12 Å². The maximum atomic E-state index is 9.02. The van der Waals surface area contributed by atoms with Crippen LogP contribution in [0.15, 0.2) is 42.5 Å². The lowest BCUT2D eigenvalue weighted by Gasteiger charge is -2.11. The molecule has 2 rings (SSSR count). The van der Waals surface area contributed by atoms with Gasteiger partial charge in [-0.15, -0.1) is 0 Å². The molecule has 0 aliphatic heterocycles. The summed E-state index contributed by atoms with van der Waals surface area (Å²) < 4.78 is 11.0. The first kappa shape index (κ1) is 14.4. The van der Waals surface area contributed by atoms with Gasteiger partial charge in [0.25, 0.3) is 0 Å². The van der Waals surface area contributed by atoms with Crippen molar-refractivity contribution in [2.75, 3.05) is 7.11 Å². The summed E-state index contributed by atoms with van der Waals surface area (Å²) in [5.41, 5.74) is 2.55. The molecule has 0 aliphatic rings. The molecule has 20 heavy (non-hydrogen) atoms. The summed E-state index contributed by atoms with van der Waals surface area (Å²) in [6.07, 6.45) is 0. The molecule has 0 spiro atoms. The molecule has 0 fully saturated rings. The molecule has 4 nitrogen and oxygen atoms in total. The molecule has 0 heterocycles. The maximum absolute atomic E-state index is 9.02. The van der Waals surface area contributed by atoms with Crippen LogP contribution in [0.2, 0.25) is 0 Å². The van der Waals surface area contributed by atoms with Crippen LogP contribution in [-0.2, 0) is 6.61 Å². The first-order valence-corrected chi connectivity index (χ1v) is 6.32. The Morgan fingerprint density at radius 1 is 1.05 bits per heavy atom. The van der Waals surface area contributed by atoms with E-state index in [1.165, 1.54) is 0 Å². The Hall–Kier alpha value is -1.98. The van der Waals surface area contributed by atoms with Crippen molar-refractivity contribution in [2.45, 2.75) is 13.5 Å². The van der Waals surface area contributed by atoms with Crippen LogP contribution >= 0.6 is 0 Å². The van der Waals surface area contributed by atoms with Gasteiger partial charge in [0.2, 0.25) is 0 Å². The molecule has 2 N–H and O–H groups in total. The summed E-state index contributed by atoms with van der Waals surface area (Å²) in [7, 11) is 0.173. The normalized spacial score (nSPS) is 10.2. The van der Waals surface area contributed by atoms with Crippen LogP contribution in [0.25, 0.3) is 0 Å². The van der Waals surface area contributed by atoms with Crippen molar-refractivity contribution >= 4 is 12.6 Å². The number of aryl methyl sites for hydroxylation is 1. The number of rotatable bonds is 5. The van der Waals surface area contributed by atoms with Crippen molar-refractivity contribution < 1.29 is 19.5 Å². The fourth-order valence-electron chi connectivity index (χ4n) is 1.92. The molecule has 0 saturated carbocycles. The molecule has 0 bridgehead atoms. The van der Waals surface area contributed by atoms with E-state index in [2.05, 4.69) is 0 Å². The Balaban J connectivity index is 2.06. The van der Waals surface area contributed by atoms with Gasteiger partial charge in [0.15, 0.2) is 0 Å². The SMILES string of the molecule is COc1ccc(C)cc1COc1ccc(B(O)O)cc1. The molecular weight excluding hydrogens is 255 g/mol. The quantitative estimate of drug-likeness (QED) is 0.804. The van der Waals surface area contributed by atoms with Crippen LogP contribution < -0.4 is 14.9 Å². The molecule has 0 unspecified atom stereocenters. The van der Waals surface area contributed by atoms with Gasteiger partial charge in [-0.1, -0.05) is 23.8 Å². The molecule has 0 radical (unpaired) electrons. The van der Waals surface area contributed by atoms with Gasteiger partial charge in [0, 0.05) is 5.56 Å². The lowest BCUT2D eigenvalue weighted by Crippen LogP contribution is -2.29. The van der Waals surface area contributed by atoms with Crippen LogP contribution in [-0.4, -0.2) is 24.3 Å². The van der Waals surface area contributed by atoms with Gasteiger partial charge < -0.3 is 19.5 Å². The summed E-state index contributed by atoms with van der Waals surface area (Å²) in [4.78, 5) is 0. The predicted octanol–water partition coefficient (Wildman–Crippen LogP) is 1.26. The van der Waals surface area contributed by atoms with E-state index in [0.29, 0.717) is 17.8 Å². The lowest BCUT2D eigenvalue weighted by atomic mass is 9.80. The van der Waals surface area contributed by atoms with Crippen molar-refractivity contribution in [3.8, 4) is 11.5 Å². The highest BCUT2D eigenvalue weighted by atomic mass is 16.5. The Labute approximate surface area is 118 Å². The third kappa shape index (κ3) is 3.53. The minimum atomic E-state index is -1.46. The minimum Gasteiger partial charge on any atom is -0.496 e. The van der Waals surface area contributed by atoms with Gasteiger partial charge in [-0.05, 0) is 36.7 Å². The molecule has 5 heteroatoms. The van der Waals surface area contributed by atoms with E-state index in [4.69, 9.17) is 19.5 Å². The second-order valence-corrected chi connectivity index (χ2v) is 4.55. The van der Waals surface area contributed by atoms with E-state index in [1.807, 2.05) is 25.1 Å². The van der Waals surface area contributed by atoms with Crippen molar-refractivity contribution in [1.29, 1.82) is 0 Å². The third-order valence-electron chi connectivity index (χ3n) is 3.01. The van der Waals surface area contributed by atoms with Gasteiger partial charge in [-0.25, -0.2) is 0 Å². The Morgan fingerprint density at radius 3 is 2.35 bits per heavy atom. The molecule has 0 atom stereocenters. The summed E-state index contributed by atoms with van der Waals surface area (Å²) in [6.45, 7) is 2.41. The Kier molecular flexibility index (Phi) is 4.66. The topological polar surface area (TPSA) is 58.9 Å². The zero-order chi connectivity index (χ0) is 14.5. The molecule has 0 aromatic heterocycles. The van der Waals surface area contributed by atoms with Gasteiger partial charge in [0.1, 0.15) is 18.1 Å². The zero-order valence-corrected chi connectivity index (χ0v) is 11.5. The molecule has 2 aromatic rings. The van der Waals surface area contributed by atoms with E-state index in [9.17, 15) is 0 Å².